The van der Waals surface area contributed by atoms with Crippen LogP contribution in [0, 0.1) is 0 Å². The predicted octanol–water partition coefficient (Wildman–Crippen LogP) is 3.46. The van der Waals surface area contributed by atoms with Crippen LogP contribution in [0.15, 0.2) is 34.6 Å². The summed E-state index contributed by atoms with van der Waals surface area (Å²) < 4.78 is 5.09. The molecular formula is C14H17N3OS2. The minimum Gasteiger partial charge on any atom is -0.467 e. The lowest BCUT2D eigenvalue weighted by Crippen LogP contribution is -1.98. The van der Waals surface area contributed by atoms with Crippen molar-refractivity contribution in [3.8, 4) is 6.01 Å². The van der Waals surface area contributed by atoms with E-state index in [4.69, 9.17) is 4.74 Å². The molecule has 20 heavy (non-hydrogen) atoms. The molecule has 0 spiro atoms. The molecule has 0 saturated carbocycles. The molecule has 0 atom stereocenters. The fourth-order valence-electron chi connectivity index (χ4n) is 1.59. The Hall–Kier alpha value is -1.27. The van der Waals surface area contributed by atoms with Gasteiger partial charge in [0.25, 0.3) is 0 Å². The van der Waals surface area contributed by atoms with Crippen LogP contribution in [-0.2, 0) is 12.2 Å². The Bertz CT molecular complexity index is 539. The molecule has 0 unspecified atom stereocenters. The molecule has 0 bridgehead atoms. The number of thioether (sulfide) groups is 2. The van der Waals surface area contributed by atoms with Crippen molar-refractivity contribution in [3.05, 3.63) is 35.4 Å². The molecule has 4 nitrogen and oxygen atoms in total. The molecule has 2 rings (SSSR count). The highest BCUT2D eigenvalue weighted by Gasteiger charge is 2.07. The standard InChI is InChI=1S/C14H17N3OS2/c1-4-10-5-7-11(8-6-10)9-20-14-16-12(18-2)15-13(17-14)19-3/h5-8H,4,9H2,1-3H3. The summed E-state index contributed by atoms with van der Waals surface area (Å²) in [5.41, 5.74) is 2.61. The Balaban J connectivity index is 2.05. The Labute approximate surface area is 127 Å². The van der Waals surface area contributed by atoms with Gasteiger partial charge in [0.15, 0.2) is 10.3 Å². The quantitative estimate of drug-likeness (QED) is 0.762. The van der Waals surface area contributed by atoms with Gasteiger partial charge in [-0.25, -0.2) is 0 Å². The summed E-state index contributed by atoms with van der Waals surface area (Å²) in [5.74, 6) is 0.838. The van der Waals surface area contributed by atoms with Crippen molar-refractivity contribution in [2.75, 3.05) is 13.4 Å². The van der Waals surface area contributed by atoms with Crippen LogP contribution in [0.25, 0.3) is 0 Å². The van der Waals surface area contributed by atoms with Gasteiger partial charge in [0.1, 0.15) is 0 Å². The van der Waals surface area contributed by atoms with Crippen LogP contribution in [0.2, 0.25) is 0 Å². The SMILES string of the molecule is CCc1ccc(CSc2nc(OC)nc(SC)n2)cc1. The molecular weight excluding hydrogens is 290 g/mol. The number of aryl methyl sites for hydroxylation is 1. The molecule has 1 aromatic heterocycles. The van der Waals surface area contributed by atoms with E-state index < -0.39 is 0 Å². The van der Waals surface area contributed by atoms with Crippen LogP contribution in [0.4, 0.5) is 0 Å². The number of nitrogens with zero attached hydrogens (tertiary/aromatic N) is 3. The smallest absolute Gasteiger partial charge is 0.321 e. The van der Waals surface area contributed by atoms with Crippen molar-refractivity contribution in [1.82, 2.24) is 15.0 Å². The molecule has 0 N–H and O–H groups in total. The highest BCUT2D eigenvalue weighted by atomic mass is 32.2. The van der Waals surface area contributed by atoms with E-state index in [9.17, 15) is 0 Å². The maximum absolute atomic E-state index is 5.09. The number of hydrogen-bond donors (Lipinski definition) is 0. The maximum atomic E-state index is 5.09. The van der Waals surface area contributed by atoms with E-state index in [0.29, 0.717) is 16.3 Å². The van der Waals surface area contributed by atoms with E-state index in [1.54, 1.807) is 18.9 Å². The van der Waals surface area contributed by atoms with Gasteiger partial charge >= 0.3 is 6.01 Å². The number of benzene rings is 1. The Kier molecular flexibility index (Phi) is 5.67. The first-order valence-electron chi connectivity index (χ1n) is 6.29. The molecule has 0 aliphatic heterocycles. The summed E-state index contributed by atoms with van der Waals surface area (Å²) in [6.45, 7) is 2.16. The number of methoxy groups -OCH3 is 1. The topological polar surface area (TPSA) is 47.9 Å². The van der Waals surface area contributed by atoms with Crippen LogP contribution in [-0.4, -0.2) is 28.3 Å². The lowest BCUT2D eigenvalue weighted by Gasteiger charge is -2.05. The fraction of sp³-hybridized carbons (Fsp3) is 0.357. The van der Waals surface area contributed by atoms with E-state index in [2.05, 4.69) is 46.1 Å². The lowest BCUT2D eigenvalue weighted by atomic mass is 10.1. The van der Waals surface area contributed by atoms with Crippen LogP contribution in [0.3, 0.4) is 0 Å². The van der Waals surface area contributed by atoms with E-state index >= 15 is 0 Å². The predicted molar refractivity (Wildman–Crippen MR) is 83.5 cm³/mol. The third-order valence-corrected chi connectivity index (χ3v) is 4.20. The third kappa shape index (κ3) is 4.11. The van der Waals surface area contributed by atoms with E-state index in [0.717, 1.165) is 12.2 Å². The second-order valence-electron chi connectivity index (χ2n) is 4.05. The average molecular weight is 307 g/mol. The summed E-state index contributed by atoms with van der Waals surface area (Å²) >= 11 is 3.07. The first kappa shape index (κ1) is 15.1. The molecule has 0 aliphatic rings. The number of hydrogen-bond acceptors (Lipinski definition) is 6. The molecule has 2 aromatic rings. The van der Waals surface area contributed by atoms with Crippen LogP contribution >= 0.6 is 23.5 Å². The second-order valence-corrected chi connectivity index (χ2v) is 5.77. The zero-order valence-electron chi connectivity index (χ0n) is 11.8. The average Bonchev–Trinajstić information content (AvgIpc) is 2.53. The number of aromatic nitrogens is 3. The first-order valence-corrected chi connectivity index (χ1v) is 8.51. The molecule has 6 heteroatoms. The lowest BCUT2D eigenvalue weighted by molar-refractivity contribution is 0.366. The number of rotatable bonds is 6. The normalized spacial score (nSPS) is 10.6. The van der Waals surface area contributed by atoms with Crippen LogP contribution < -0.4 is 4.74 Å². The van der Waals surface area contributed by atoms with Crippen molar-refractivity contribution in [1.29, 1.82) is 0 Å². The van der Waals surface area contributed by atoms with E-state index in [1.165, 1.54) is 22.9 Å². The van der Waals surface area contributed by atoms with Gasteiger partial charge in [-0.15, -0.1) is 0 Å². The Morgan fingerprint density at radius 1 is 1.00 bits per heavy atom. The first-order chi connectivity index (χ1) is 9.75. The van der Waals surface area contributed by atoms with Gasteiger partial charge in [0.05, 0.1) is 7.11 Å². The minimum atomic E-state index is 0.369. The van der Waals surface area contributed by atoms with Crippen molar-refractivity contribution >= 4 is 23.5 Å². The Morgan fingerprint density at radius 3 is 2.25 bits per heavy atom. The minimum absolute atomic E-state index is 0.369. The van der Waals surface area contributed by atoms with E-state index in [1.807, 2.05) is 6.26 Å². The highest BCUT2D eigenvalue weighted by molar-refractivity contribution is 7.99. The van der Waals surface area contributed by atoms with Gasteiger partial charge in [0.2, 0.25) is 0 Å². The monoisotopic (exact) mass is 307 g/mol. The summed E-state index contributed by atoms with van der Waals surface area (Å²) in [6.07, 6.45) is 3.00. The van der Waals surface area contributed by atoms with Gasteiger partial charge < -0.3 is 4.74 Å². The number of ether oxygens (including phenoxy) is 1. The van der Waals surface area contributed by atoms with Gasteiger partial charge in [-0.2, -0.15) is 15.0 Å². The summed E-state index contributed by atoms with van der Waals surface area (Å²) in [5, 5.41) is 1.38. The van der Waals surface area contributed by atoms with Crippen molar-refractivity contribution in [2.24, 2.45) is 0 Å². The van der Waals surface area contributed by atoms with Crippen molar-refractivity contribution in [3.63, 3.8) is 0 Å². The van der Waals surface area contributed by atoms with Gasteiger partial charge in [-0.1, -0.05) is 54.7 Å². The summed E-state index contributed by atoms with van der Waals surface area (Å²) in [7, 11) is 1.57. The zero-order valence-corrected chi connectivity index (χ0v) is 13.4. The molecule has 0 aliphatic carbocycles. The maximum Gasteiger partial charge on any atom is 0.321 e. The van der Waals surface area contributed by atoms with Gasteiger partial charge in [-0.3, -0.25) is 0 Å². The molecule has 0 amide bonds. The highest BCUT2D eigenvalue weighted by Crippen LogP contribution is 2.23. The van der Waals surface area contributed by atoms with Crippen molar-refractivity contribution < 1.29 is 4.74 Å². The molecule has 1 aromatic carbocycles. The van der Waals surface area contributed by atoms with Crippen LogP contribution in [0.1, 0.15) is 18.1 Å². The fourth-order valence-corrected chi connectivity index (χ4v) is 2.77. The molecule has 0 fully saturated rings. The molecule has 0 saturated heterocycles. The zero-order chi connectivity index (χ0) is 14.4. The van der Waals surface area contributed by atoms with Crippen LogP contribution in [0.5, 0.6) is 6.01 Å². The second kappa shape index (κ2) is 7.50. The van der Waals surface area contributed by atoms with E-state index in [-0.39, 0.29) is 0 Å². The molecule has 0 radical (unpaired) electrons. The molecule has 1 heterocycles. The molecule has 106 valence electrons. The Morgan fingerprint density at radius 2 is 1.65 bits per heavy atom. The summed E-state index contributed by atoms with van der Waals surface area (Å²) in [6, 6.07) is 9.00. The van der Waals surface area contributed by atoms with Crippen molar-refractivity contribution in [2.45, 2.75) is 29.4 Å². The van der Waals surface area contributed by atoms with Gasteiger partial charge in [0, 0.05) is 5.75 Å². The third-order valence-electron chi connectivity index (χ3n) is 2.74. The van der Waals surface area contributed by atoms with Gasteiger partial charge in [-0.05, 0) is 23.8 Å². The summed E-state index contributed by atoms with van der Waals surface area (Å²) in [4.78, 5) is 12.8. The largest absolute Gasteiger partial charge is 0.467 e.